The van der Waals surface area contributed by atoms with Gasteiger partial charge in [-0.1, -0.05) is 30.3 Å². The molecule has 4 nitrogen and oxygen atoms in total. The van der Waals surface area contributed by atoms with Crippen molar-refractivity contribution < 1.29 is 13.6 Å². The normalized spacial score (nSPS) is 15.1. The van der Waals surface area contributed by atoms with Crippen molar-refractivity contribution in [1.82, 2.24) is 15.2 Å². The van der Waals surface area contributed by atoms with Crippen LogP contribution in [0.3, 0.4) is 0 Å². The molecule has 0 aliphatic heterocycles. The first kappa shape index (κ1) is 16.4. The van der Waals surface area contributed by atoms with E-state index in [1.807, 2.05) is 12.1 Å². The highest BCUT2D eigenvalue weighted by Gasteiger charge is 2.35. The Balaban J connectivity index is 1.72. The van der Waals surface area contributed by atoms with E-state index in [-0.39, 0.29) is 6.04 Å². The van der Waals surface area contributed by atoms with Gasteiger partial charge in [0.2, 0.25) is 0 Å². The number of hydrogen-bond acceptors (Lipinski definition) is 2. The summed E-state index contributed by atoms with van der Waals surface area (Å²) in [6, 6.07) is 10.3. The molecule has 6 heteroatoms. The number of rotatable bonds is 6. The first-order valence-electron chi connectivity index (χ1n) is 7.94. The third-order valence-corrected chi connectivity index (χ3v) is 4.04. The number of benzene rings is 1. The minimum absolute atomic E-state index is 0.118. The Kier molecular flexibility index (Phi) is 5.03. The summed E-state index contributed by atoms with van der Waals surface area (Å²) in [4.78, 5) is 18.2. The first-order valence-corrected chi connectivity index (χ1v) is 7.94. The van der Waals surface area contributed by atoms with Crippen molar-refractivity contribution in [2.24, 2.45) is 0 Å². The highest BCUT2D eigenvalue weighted by Crippen LogP contribution is 2.29. The summed E-state index contributed by atoms with van der Waals surface area (Å²) in [5.74, 6) is 0. The fourth-order valence-electron chi connectivity index (χ4n) is 2.61. The Bertz CT molecular complexity index is 662. The monoisotopic (exact) mass is 331 g/mol. The molecular formula is C18H19F2N3O. The highest BCUT2D eigenvalue weighted by atomic mass is 19.3. The number of pyridine rings is 1. The predicted molar refractivity (Wildman–Crippen MR) is 86.5 cm³/mol. The molecule has 0 radical (unpaired) electrons. The van der Waals surface area contributed by atoms with Crippen LogP contribution in [0.25, 0.3) is 0 Å². The van der Waals surface area contributed by atoms with Crippen molar-refractivity contribution in [3.63, 3.8) is 0 Å². The molecule has 0 spiro atoms. The number of nitrogens with zero attached hydrogens (tertiary/aromatic N) is 2. The van der Waals surface area contributed by atoms with Crippen LogP contribution in [0.2, 0.25) is 0 Å². The second-order valence-corrected chi connectivity index (χ2v) is 5.89. The number of carbonyl (C=O) groups is 1. The summed E-state index contributed by atoms with van der Waals surface area (Å²) in [5, 5.41) is 2.50. The topological polar surface area (TPSA) is 45.2 Å². The Hall–Kier alpha value is -2.50. The molecule has 1 atom stereocenters. The number of carbonyl (C=O) groups excluding carboxylic acids is 1. The number of halogens is 2. The van der Waals surface area contributed by atoms with Crippen LogP contribution in [0, 0.1) is 0 Å². The van der Waals surface area contributed by atoms with E-state index in [4.69, 9.17) is 0 Å². The molecule has 1 N–H and O–H groups in total. The van der Waals surface area contributed by atoms with E-state index in [0.29, 0.717) is 12.1 Å². The number of aromatic nitrogens is 1. The number of hydrogen-bond donors (Lipinski definition) is 1. The molecule has 1 aromatic heterocycles. The van der Waals surface area contributed by atoms with Gasteiger partial charge in [-0.15, -0.1) is 0 Å². The molecule has 24 heavy (non-hydrogen) atoms. The van der Waals surface area contributed by atoms with Crippen LogP contribution in [-0.4, -0.2) is 28.4 Å². The van der Waals surface area contributed by atoms with Crippen LogP contribution in [0.1, 0.15) is 30.0 Å². The lowest BCUT2D eigenvalue weighted by atomic mass is 10.1. The third kappa shape index (κ3) is 4.07. The van der Waals surface area contributed by atoms with Gasteiger partial charge < -0.3 is 10.2 Å². The molecule has 2 aromatic rings. The summed E-state index contributed by atoms with van der Waals surface area (Å²) >= 11 is 0. The maximum Gasteiger partial charge on any atom is 0.318 e. The summed E-state index contributed by atoms with van der Waals surface area (Å²) in [6.45, 7) is 0.393. The number of amides is 2. The van der Waals surface area contributed by atoms with E-state index in [2.05, 4.69) is 10.3 Å². The zero-order valence-corrected chi connectivity index (χ0v) is 13.1. The molecule has 1 aromatic carbocycles. The van der Waals surface area contributed by atoms with E-state index in [0.717, 1.165) is 18.4 Å². The predicted octanol–water partition coefficient (Wildman–Crippen LogP) is 3.76. The van der Waals surface area contributed by atoms with E-state index >= 15 is 0 Å². The second kappa shape index (κ2) is 7.38. The van der Waals surface area contributed by atoms with Crippen molar-refractivity contribution in [1.29, 1.82) is 0 Å². The van der Waals surface area contributed by atoms with Gasteiger partial charge in [0.1, 0.15) is 6.04 Å². The molecule has 1 saturated carbocycles. The van der Waals surface area contributed by atoms with Gasteiger partial charge in [-0.3, -0.25) is 4.98 Å². The van der Waals surface area contributed by atoms with Gasteiger partial charge in [0.05, 0.1) is 0 Å². The van der Waals surface area contributed by atoms with Gasteiger partial charge in [-0.2, -0.15) is 0 Å². The molecule has 1 fully saturated rings. The van der Waals surface area contributed by atoms with E-state index in [1.54, 1.807) is 47.6 Å². The summed E-state index contributed by atoms with van der Waals surface area (Å²) < 4.78 is 26.8. The molecule has 0 saturated heterocycles. The minimum atomic E-state index is -2.67. The zero-order chi connectivity index (χ0) is 16.9. The number of urea groups is 1. The Labute approximate surface area is 139 Å². The molecule has 3 rings (SSSR count). The van der Waals surface area contributed by atoms with Crippen LogP contribution in [0.4, 0.5) is 13.6 Å². The highest BCUT2D eigenvalue weighted by molar-refractivity contribution is 5.75. The standard InChI is InChI=1S/C18H19F2N3O/c19-17(20)16(14-4-2-1-3-5-14)22-18(24)23(15-6-7-15)12-13-8-10-21-11-9-13/h1-5,8-11,15-17H,6-7,12H2,(H,22,24). The van der Waals surface area contributed by atoms with Gasteiger partial charge in [0.15, 0.2) is 0 Å². The van der Waals surface area contributed by atoms with Gasteiger partial charge >= 0.3 is 6.03 Å². The zero-order valence-electron chi connectivity index (χ0n) is 13.1. The molecular weight excluding hydrogens is 312 g/mol. The van der Waals surface area contributed by atoms with Crippen LogP contribution in [0.5, 0.6) is 0 Å². The molecule has 126 valence electrons. The van der Waals surface area contributed by atoms with Crippen molar-refractivity contribution in [3.05, 3.63) is 66.0 Å². The summed E-state index contributed by atoms with van der Waals surface area (Å²) in [5.41, 5.74) is 1.33. The molecule has 1 aliphatic carbocycles. The summed E-state index contributed by atoms with van der Waals surface area (Å²) in [6.07, 6.45) is 2.46. The van der Waals surface area contributed by atoms with Gasteiger partial charge in [-0.05, 0) is 36.1 Å². The SMILES string of the molecule is O=C(NC(c1ccccc1)C(F)F)N(Cc1ccncc1)C1CC1. The fourth-order valence-corrected chi connectivity index (χ4v) is 2.61. The third-order valence-electron chi connectivity index (χ3n) is 4.04. The Morgan fingerprint density at radius 1 is 1.17 bits per heavy atom. The summed E-state index contributed by atoms with van der Waals surface area (Å²) in [7, 11) is 0. The van der Waals surface area contributed by atoms with Crippen LogP contribution in [0.15, 0.2) is 54.9 Å². The van der Waals surface area contributed by atoms with Crippen LogP contribution in [-0.2, 0) is 6.54 Å². The average Bonchev–Trinajstić information content (AvgIpc) is 3.43. The van der Waals surface area contributed by atoms with Crippen molar-refractivity contribution in [2.75, 3.05) is 0 Å². The molecule has 2 amide bonds. The lowest BCUT2D eigenvalue weighted by Gasteiger charge is -2.26. The van der Waals surface area contributed by atoms with Gasteiger partial charge in [0, 0.05) is 25.0 Å². The Morgan fingerprint density at radius 3 is 2.42 bits per heavy atom. The number of alkyl halides is 2. The lowest BCUT2D eigenvalue weighted by Crippen LogP contribution is -2.44. The Morgan fingerprint density at radius 2 is 1.83 bits per heavy atom. The van der Waals surface area contributed by atoms with Crippen LogP contribution < -0.4 is 5.32 Å². The molecule has 1 heterocycles. The van der Waals surface area contributed by atoms with Gasteiger partial charge in [-0.25, -0.2) is 13.6 Å². The average molecular weight is 331 g/mol. The smallest absolute Gasteiger partial charge is 0.318 e. The minimum Gasteiger partial charge on any atom is -0.325 e. The van der Waals surface area contributed by atoms with Gasteiger partial charge in [0.25, 0.3) is 6.43 Å². The lowest BCUT2D eigenvalue weighted by molar-refractivity contribution is 0.0954. The first-order chi connectivity index (χ1) is 11.6. The second-order valence-electron chi connectivity index (χ2n) is 5.89. The van der Waals surface area contributed by atoms with E-state index in [1.165, 1.54) is 0 Å². The van der Waals surface area contributed by atoms with E-state index in [9.17, 15) is 13.6 Å². The van der Waals surface area contributed by atoms with Crippen molar-refractivity contribution in [3.8, 4) is 0 Å². The maximum atomic E-state index is 13.4. The molecule has 1 unspecified atom stereocenters. The largest absolute Gasteiger partial charge is 0.325 e. The number of nitrogens with one attached hydrogen (secondary N) is 1. The van der Waals surface area contributed by atoms with E-state index < -0.39 is 18.5 Å². The quantitative estimate of drug-likeness (QED) is 0.876. The van der Waals surface area contributed by atoms with Crippen molar-refractivity contribution in [2.45, 2.75) is 37.9 Å². The fraction of sp³-hybridized carbons (Fsp3) is 0.333. The molecule has 0 bridgehead atoms. The van der Waals surface area contributed by atoms with Crippen molar-refractivity contribution >= 4 is 6.03 Å². The maximum absolute atomic E-state index is 13.4. The van der Waals surface area contributed by atoms with Crippen LogP contribution >= 0.6 is 0 Å². The molecule has 1 aliphatic rings.